The van der Waals surface area contributed by atoms with Crippen LogP contribution in [0.5, 0.6) is 0 Å². The zero-order valence-electron chi connectivity index (χ0n) is 26.0. The van der Waals surface area contributed by atoms with Crippen LogP contribution in [-0.4, -0.2) is 8.07 Å². The van der Waals surface area contributed by atoms with Crippen molar-refractivity contribution in [3.05, 3.63) is 56.3 Å². The normalized spacial score (nSPS) is 12.4. The lowest BCUT2D eigenvalue weighted by atomic mass is 10.1. The standard InChI is InChI=1S/C36H34N4S4Si/c1-5-9-25-15-27(13-23(19-37)20-38)41-33(25)29-17-31-35(43-29)36-32(45(31,11-7-3)12-8-4)18-30(44-36)34-26(10-6-2)16-28(42-34)14-24(21-39)22-40/h13-18H,5-12H2,1-4H3. The van der Waals surface area contributed by atoms with Crippen molar-refractivity contribution >= 4 is 75.9 Å². The van der Waals surface area contributed by atoms with Gasteiger partial charge in [-0.15, -0.1) is 45.3 Å². The fraction of sp³-hybridized carbons (Fsp3) is 0.333. The summed E-state index contributed by atoms with van der Waals surface area (Å²) in [5, 5.41) is 40.6. The molecule has 226 valence electrons. The number of nitrogens with zero attached hydrogens (tertiary/aromatic N) is 4. The van der Waals surface area contributed by atoms with Crippen molar-refractivity contribution < 1.29 is 0 Å². The molecule has 0 radical (unpaired) electrons. The van der Waals surface area contributed by atoms with Crippen LogP contribution in [0.2, 0.25) is 12.1 Å². The molecular formula is C36H34N4S4Si. The molecule has 0 bridgehead atoms. The summed E-state index contributed by atoms with van der Waals surface area (Å²) in [6, 6.07) is 19.9. The number of rotatable bonds is 12. The predicted octanol–water partition coefficient (Wildman–Crippen LogP) is 10.4. The van der Waals surface area contributed by atoms with Gasteiger partial charge in [0.05, 0.1) is 0 Å². The molecule has 0 aliphatic carbocycles. The second-order valence-corrected chi connectivity index (χ2v) is 19.9. The molecule has 9 heteroatoms. The average molecular weight is 679 g/mol. The van der Waals surface area contributed by atoms with E-state index in [9.17, 15) is 21.0 Å². The highest BCUT2D eigenvalue weighted by Gasteiger charge is 2.47. The van der Waals surface area contributed by atoms with E-state index in [0.717, 1.165) is 48.3 Å². The van der Waals surface area contributed by atoms with E-state index in [4.69, 9.17) is 0 Å². The van der Waals surface area contributed by atoms with Gasteiger partial charge in [-0.05, 0) is 82.8 Å². The minimum absolute atomic E-state index is 0.138. The summed E-state index contributed by atoms with van der Waals surface area (Å²) in [7, 11) is -2.00. The molecule has 4 aromatic heterocycles. The summed E-state index contributed by atoms with van der Waals surface area (Å²) in [5.41, 5.74) is 2.87. The predicted molar refractivity (Wildman–Crippen MR) is 196 cm³/mol. The molecular weight excluding hydrogens is 645 g/mol. The maximum Gasteiger partial charge on any atom is 0.131 e. The van der Waals surface area contributed by atoms with E-state index < -0.39 is 8.07 Å². The Bertz CT molecular complexity index is 1790. The molecule has 0 amide bonds. The smallest absolute Gasteiger partial charge is 0.131 e. The third kappa shape index (κ3) is 6.17. The van der Waals surface area contributed by atoms with Crippen LogP contribution in [-0.2, 0) is 12.8 Å². The number of hydrogen-bond donors (Lipinski definition) is 0. The van der Waals surface area contributed by atoms with Crippen LogP contribution in [0.3, 0.4) is 0 Å². The van der Waals surface area contributed by atoms with Crippen molar-refractivity contribution in [1.82, 2.24) is 0 Å². The largest absolute Gasteiger partial charge is 0.192 e. The SMILES string of the molecule is CCCc1cc(C=C(C#N)C#N)sc1-c1cc2c(s1)-c1sc(-c3sc(C=C(C#N)C#N)cc3CCC)cc1[Si]2(CCC)CCC. The first-order valence-electron chi connectivity index (χ1n) is 15.5. The van der Waals surface area contributed by atoms with Crippen LogP contribution in [0, 0.1) is 45.3 Å². The van der Waals surface area contributed by atoms with E-state index >= 15 is 0 Å². The van der Waals surface area contributed by atoms with E-state index in [-0.39, 0.29) is 11.1 Å². The third-order valence-electron chi connectivity index (χ3n) is 8.25. The van der Waals surface area contributed by atoms with Crippen molar-refractivity contribution in [3.8, 4) is 53.5 Å². The van der Waals surface area contributed by atoms with Gasteiger partial charge in [0.15, 0.2) is 0 Å². The minimum Gasteiger partial charge on any atom is -0.192 e. The van der Waals surface area contributed by atoms with Crippen LogP contribution in [0.15, 0.2) is 35.4 Å². The van der Waals surface area contributed by atoms with E-state index in [0.29, 0.717) is 0 Å². The van der Waals surface area contributed by atoms with E-state index in [1.807, 2.05) is 47.0 Å². The lowest BCUT2D eigenvalue weighted by Crippen LogP contribution is -2.54. The van der Waals surface area contributed by atoms with Crippen LogP contribution in [0.1, 0.15) is 74.3 Å². The molecule has 0 fully saturated rings. The zero-order valence-corrected chi connectivity index (χ0v) is 30.3. The third-order valence-corrected chi connectivity index (χ3v) is 19.2. The number of allylic oxidation sites excluding steroid dienone is 2. The van der Waals surface area contributed by atoms with Gasteiger partial charge in [0.25, 0.3) is 0 Å². The van der Waals surface area contributed by atoms with E-state index in [2.05, 4.69) is 52.0 Å². The van der Waals surface area contributed by atoms with Crippen molar-refractivity contribution in [1.29, 1.82) is 21.0 Å². The monoisotopic (exact) mass is 678 g/mol. The van der Waals surface area contributed by atoms with E-state index in [1.54, 1.807) is 45.2 Å². The van der Waals surface area contributed by atoms with Gasteiger partial charge in [0, 0.05) is 39.0 Å². The Morgan fingerprint density at radius 3 is 1.31 bits per heavy atom. The Morgan fingerprint density at radius 1 is 0.578 bits per heavy atom. The first kappa shape index (κ1) is 32.8. The molecule has 0 saturated heterocycles. The van der Waals surface area contributed by atoms with Gasteiger partial charge in [-0.25, -0.2) is 0 Å². The van der Waals surface area contributed by atoms with Gasteiger partial charge in [-0.1, -0.05) is 53.4 Å². The Labute approximate surface area is 283 Å². The fourth-order valence-corrected chi connectivity index (χ4v) is 18.6. The average Bonchev–Trinajstić information content (AvgIpc) is 3.85. The molecule has 0 aromatic carbocycles. The highest BCUT2D eigenvalue weighted by Crippen LogP contribution is 2.50. The van der Waals surface area contributed by atoms with E-state index in [1.165, 1.54) is 52.5 Å². The number of fused-ring (bicyclic) bond motifs is 3. The number of nitriles is 4. The van der Waals surface area contributed by atoms with Crippen molar-refractivity contribution in [2.75, 3.05) is 0 Å². The van der Waals surface area contributed by atoms with Gasteiger partial charge < -0.3 is 0 Å². The Kier molecular flexibility index (Phi) is 10.4. The molecule has 0 atom stereocenters. The van der Waals surface area contributed by atoms with Gasteiger partial charge in [0.1, 0.15) is 43.5 Å². The van der Waals surface area contributed by atoms with Crippen LogP contribution >= 0.6 is 45.3 Å². The summed E-state index contributed by atoms with van der Waals surface area (Å²) < 4.78 is 0. The second kappa shape index (κ2) is 14.3. The van der Waals surface area contributed by atoms with Gasteiger partial charge in [-0.3, -0.25) is 0 Å². The zero-order chi connectivity index (χ0) is 32.1. The molecule has 1 aliphatic heterocycles. The number of aryl methyl sites for hydroxylation is 2. The van der Waals surface area contributed by atoms with Crippen molar-refractivity contribution in [2.45, 2.75) is 78.3 Å². The number of thiophene rings is 4. The van der Waals surface area contributed by atoms with Gasteiger partial charge >= 0.3 is 0 Å². The first-order chi connectivity index (χ1) is 21.9. The molecule has 4 aromatic rings. The maximum absolute atomic E-state index is 9.35. The Balaban J connectivity index is 1.68. The molecule has 0 unspecified atom stereocenters. The molecule has 0 spiro atoms. The molecule has 0 N–H and O–H groups in total. The molecule has 1 aliphatic rings. The van der Waals surface area contributed by atoms with Gasteiger partial charge in [-0.2, -0.15) is 21.0 Å². The summed E-state index contributed by atoms with van der Waals surface area (Å²) >= 11 is 7.25. The first-order valence-corrected chi connectivity index (χ1v) is 21.2. The minimum atomic E-state index is -2.00. The van der Waals surface area contributed by atoms with Gasteiger partial charge in [0.2, 0.25) is 0 Å². The quantitative estimate of drug-likeness (QED) is 0.110. The fourth-order valence-electron chi connectivity index (χ4n) is 6.55. The lowest BCUT2D eigenvalue weighted by Gasteiger charge is -2.27. The summed E-state index contributed by atoms with van der Waals surface area (Å²) in [4.78, 5) is 9.98. The Hall–Kier alpha value is -3.54. The second-order valence-electron chi connectivity index (χ2n) is 11.4. The lowest BCUT2D eigenvalue weighted by molar-refractivity contribution is 0.928. The molecule has 0 saturated carbocycles. The van der Waals surface area contributed by atoms with Crippen molar-refractivity contribution in [3.63, 3.8) is 0 Å². The molecule has 45 heavy (non-hydrogen) atoms. The molecule has 4 nitrogen and oxygen atoms in total. The Morgan fingerprint density at radius 2 is 0.978 bits per heavy atom. The molecule has 5 rings (SSSR count). The van der Waals surface area contributed by atoms with Crippen molar-refractivity contribution in [2.24, 2.45) is 0 Å². The summed E-state index contributed by atoms with van der Waals surface area (Å²) in [6.45, 7) is 9.03. The highest BCUT2D eigenvalue weighted by molar-refractivity contribution is 7.33. The highest BCUT2D eigenvalue weighted by atomic mass is 32.1. The topological polar surface area (TPSA) is 95.2 Å². The van der Waals surface area contributed by atoms with Crippen LogP contribution in [0.4, 0.5) is 0 Å². The molecule has 5 heterocycles. The maximum atomic E-state index is 9.35. The number of hydrogen-bond acceptors (Lipinski definition) is 8. The van der Waals surface area contributed by atoms with Crippen LogP contribution < -0.4 is 10.4 Å². The summed E-state index contributed by atoms with van der Waals surface area (Å²) in [6.07, 6.45) is 9.75. The summed E-state index contributed by atoms with van der Waals surface area (Å²) in [5.74, 6) is 0. The van der Waals surface area contributed by atoms with Crippen LogP contribution in [0.25, 0.3) is 41.4 Å².